The van der Waals surface area contributed by atoms with Gasteiger partial charge < -0.3 is 16.2 Å². The van der Waals surface area contributed by atoms with Crippen molar-refractivity contribution in [3.8, 4) is 5.75 Å². The first kappa shape index (κ1) is 12.9. The van der Waals surface area contributed by atoms with E-state index in [4.69, 9.17) is 16.2 Å². The predicted octanol–water partition coefficient (Wildman–Crippen LogP) is 0.263. The Bertz CT molecular complexity index is 439. The molecule has 0 aliphatic heterocycles. The molecule has 6 nitrogen and oxygen atoms in total. The smallest absolute Gasteiger partial charge is 0.239 e. The van der Waals surface area contributed by atoms with E-state index >= 15 is 0 Å². The maximum atomic E-state index is 11.5. The van der Waals surface area contributed by atoms with Crippen LogP contribution in [-0.2, 0) is 11.3 Å². The highest BCUT2D eigenvalue weighted by Crippen LogP contribution is 2.39. The van der Waals surface area contributed by atoms with Crippen LogP contribution in [-0.4, -0.2) is 27.3 Å². The van der Waals surface area contributed by atoms with Crippen molar-refractivity contribution in [1.82, 2.24) is 9.78 Å². The van der Waals surface area contributed by atoms with Crippen LogP contribution in [0, 0.1) is 5.92 Å². The molecule has 1 aliphatic carbocycles. The highest BCUT2D eigenvalue weighted by Gasteiger charge is 2.47. The van der Waals surface area contributed by atoms with Crippen LogP contribution in [0.15, 0.2) is 12.4 Å². The van der Waals surface area contributed by atoms with Crippen LogP contribution >= 0.6 is 0 Å². The average molecular weight is 252 g/mol. The van der Waals surface area contributed by atoms with Gasteiger partial charge in [0.1, 0.15) is 5.54 Å². The quantitative estimate of drug-likeness (QED) is 0.759. The number of amides is 1. The Hall–Kier alpha value is -1.56. The van der Waals surface area contributed by atoms with E-state index in [0.29, 0.717) is 12.3 Å². The summed E-state index contributed by atoms with van der Waals surface area (Å²) in [5, 5.41) is 4.15. The van der Waals surface area contributed by atoms with Gasteiger partial charge in [0.15, 0.2) is 5.75 Å². The Balaban J connectivity index is 2.07. The lowest BCUT2D eigenvalue weighted by Crippen LogP contribution is -2.56. The average Bonchev–Trinajstić information content (AvgIpc) is 3.02. The van der Waals surface area contributed by atoms with Crippen molar-refractivity contribution in [2.24, 2.45) is 17.4 Å². The lowest BCUT2D eigenvalue weighted by molar-refractivity contribution is -0.124. The van der Waals surface area contributed by atoms with E-state index in [1.54, 1.807) is 17.1 Å². The minimum Gasteiger partial charge on any atom is -0.488 e. The molecule has 0 bridgehead atoms. The summed E-state index contributed by atoms with van der Waals surface area (Å²) in [5.74, 6) is 0.383. The van der Waals surface area contributed by atoms with Gasteiger partial charge in [-0.1, -0.05) is 0 Å². The number of ether oxygens (including phenoxy) is 1. The molecule has 18 heavy (non-hydrogen) atoms. The number of aromatic nitrogens is 2. The third-order valence-electron chi connectivity index (χ3n) is 3.17. The topological polar surface area (TPSA) is 96.2 Å². The molecule has 0 radical (unpaired) electrons. The number of rotatable bonds is 6. The maximum Gasteiger partial charge on any atom is 0.239 e. The molecular weight excluding hydrogens is 232 g/mol. The van der Waals surface area contributed by atoms with Crippen LogP contribution in [0.5, 0.6) is 5.75 Å². The zero-order valence-electron chi connectivity index (χ0n) is 10.8. The molecule has 1 unspecified atom stereocenters. The van der Waals surface area contributed by atoms with Gasteiger partial charge in [-0.2, -0.15) is 5.10 Å². The van der Waals surface area contributed by atoms with Crippen molar-refractivity contribution in [2.75, 3.05) is 0 Å². The molecule has 1 atom stereocenters. The van der Waals surface area contributed by atoms with E-state index in [2.05, 4.69) is 5.10 Å². The Morgan fingerprint density at radius 3 is 2.83 bits per heavy atom. The van der Waals surface area contributed by atoms with Crippen LogP contribution in [0.1, 0.15) is 26.7 Å². The van der Waals surface area contributed by atoms with Crippen molar-refractivity contribution in [2.45, 2.75) is 44.9 Å². The van der Waals surface area contributed by atoms with Gasteiger partial charge in [0, 0.05) is 0 Å². The number of primary amides is 1. The SMILES string of the molecule is CC(C)Oc1cnn(CC(N)(C(N)=O)C2CC2)c1. The third kappa shape index (κ3) is 2.64. The van der Waals surface area contributed by atoms with Crippen LogP contribution < -0.4 is 16.2 Å². The van der Waals surface area contributed by atoms with Crippen LogP contribution in [0.2, 0.25) is 0 Å². The van der Waals surface area contributed by atoms with Crippen molar-refractivity contribution < 1.29 is 9.53 Å². The van der Waals surface area contributed by atoms with Crippen LogP contribution in [0.4, 0.5) is 0 Å². The number of nitrogens with two attached hydrogens (primary N) is 2. The molecule has 4 N–H and O–H groups in total. The van der Waals surface area contributed by atoms with Gasteiger partial charge >= 0.3 is 0 Å². The number of hydrogen-bond acceptors (Lipinski definition) is 4. The predicted molar refractivity (Wildman–Crippen MR) is 66.8 cm³/mol. The minimum atomic E-state index is -0.999. The third-order valence-corrected chi connectivity index (χ3v) is 3.17. The van der Waals surface area contributed by atoms with E-state index in [0.717, 1.165) is 12.8 Å². The molecule has 1 fully saturated rings. The van der Waals surface area contributed by atoms with Gasteiger partial charge in [0.2, 0.25) is 5.91 Å². The normalized spacial score (nSPS) is 18.7. The fraction of sp³-hybridized carbons (Fsp3) is 0.667. The summed E-state index contributed by atoms with van der Waals surface area (Å²) in [6.07, 6.45) is 5.36. The summed E-state index contributed by atoms with van der Waals surface area (Å²) in [4.78, 5) is 11.5. The van der Waals surface area contributed by atoms with Crippen LogP contribution in [0.3, 0.4) is 0 Å². The Morgan fingerprint density at radius 2 is 2.33 bits per heavy atom. The fourth-order valence-electron chi connectivity index (χ4n) is 2.04. The number of nitrogens with zero attached hydrogens (tertiary/aromatic N) is 2. The number of hydrogen-bond donors (Lipinski definition) is 2. The zero-order valence-corrected chi connectivity index (χ0v) is 10.8. The van der Waals surface area contributed by atoms with Crippen molar-refractivity contribution in [3.05, 3.63) is 12.4 Å². The number of carbonyl (C=O) groups excluding carboxylic acids is 1. The van der Waals surface area contributed by atoms with E-state index in [-0.39, 0.29) is 12.0 Å². The Kier molecular flexibility index (Phi) is 3.30. The molecule has 6 heteroatoms. The summed E-state index contributed by atoms with van der Waals surface area (Å²) in [6, 6.07) is 0. The first-order chi connectivity index (χ1) is 8.41. The van der Waals surface area contributed by atoms with Crippen molar-refractivity contribution >= 4 is 5.91 Å². The zero-order chi connectivity index (χ0) is 13.3. The minimum absolute atomic E-state index is 0.0878. The lowest BCUT2D eigenvalue weighted by Gasteiger charge is -2.25. The van der Waals surface area contributed by atoms with E-state index < -0.39 is 11.4 Å². The first-order valence-electron chi connectivity index (χ1n) is 6.19. The lowest BCUT2D eigenvalue weighted by atomic mass is 9.94. The maximum absolute atomic E-state index is 11.5. The highest BCUT2D eigenvalue weighted by molar-refractivity contribution is 5.85. The highest BCUT2D eigenvalue weighted by atomic mass is 16.5. The van der Waals surface area contributed by atoms with E-state index in [1.165, 1.54) is 0 Å². The number of carbonyl (C=O) groups is 1. The fourth-order valence-corrected chi connectivity index (χ4v) is 2.04. The van der Waals surface area contributed by atoms with Gasteiger partial charge in [-0.05, 0) is 32.6 Å². The molecule has 1 saturated carbocycles. The summed E-state index contributed by atoms with van der Waals surface area (Å²) in [7, 11) is 0. The first-order valence-corrected chi connectivity index (χ1v) is 6.19. The molecule has 2 rings (SSSR count). The van der Waals surface area contributed by atoms with Gasteiger partial charge in [-0.15, -0.1) is 0 Å². The van der Waals surface area contributed by atoms with Gasteiger partial charge in [0.05, 0.1) is 25.0 Å². The van der Waals surface area contributed by atoms with E-state index in [9.17, 15) is 4.79 Å². The molecule has 1 aromatic heterocycles. The second-order valence-corrected chi connectivity index (χ2v) is 5.22. The molecular formula is C12H20N4O2. The Labute approximate surface area is 106 Å². The van der Waals surface area contributed by atoms with Crippen molar-refractivity contribution in [3.63, 3.8) is 0 Å². The molecule has 1 aromatic rings. The summed E-state index contributed by atoms with van der Waals surface area (Å²) < 4.78 is 7.13. The summed E-state index contributed by atoms with van der Waals surface area (Å²) in [6.45, 7) is 4.19. The summed E-state index contributed by atoms with van der Waals surface area (Å²) in [5.41, 5.74) is 10.5. The van der Waals surface area contributed by atoms with Crippen molar-refractivity contribution in [1.29, 1.82) is 0 Å². The molecule has 0 spiro atoms. The monoisotopic (exact) mass is 252 g/mol. The largest absolute Gasteiger partial charge is 0.488 e. The summed E-state index contributed by atoms with van der Waals surface area (Å²) >= 11 is 0. The second-order valence-electron chi connectivity index (χ2n) is 5.22. The van der Waals surface area contributed by atoms with Gasteiger partial charge in [-0.3, -0.25) is 9.48 Å². The van der Waals surface area contributed by atoms with E-state index in [1.807, 2.05) is 13.8 Å². The Morgan fingerprint density at radius 1 is 1.67 bits per heavy atom. The van der Waals surface area contributed by atoms with Gasteiger partial charge in [0.25, 0.3) is 0 Å². The molecule has 0 aromatic carbocycles. The molecule has 0 saturated heterocycles. The molecule has 100 valence electrons. The van der Waals surface area contributed by atoms with Crippen LogP contribution in [0.25, 0.3) is 0 Å². The molecule has 1 heterocycles. The molecule has 1 aliphatic rings. The second kappa shape index (κ2) is 4.61. The standard InChI is InChI=1S/C12H20N4O2/c1-8(2)18-10-5-15-16(6-10)7-12(14,11(13)17)9-3-4-9/h5-6,8-9H,3-4,7,14H2,1-2H3,(H2,13,17). The molecule has 1 amide bonds. The van der Waals surface area contributed by atoms with Gasteiger partial charge in [-0.25, -0.2) is 0 Å².